The van der Waals surface area contributed by atoms with E-state index in [-0.39, 0.29) is 25.3 Å². The second-order valence-electron chi connectivity index (χ2n) is 8.08. The third kappa shape index (κ3) is 7.04. The first-order valence-corrected chi connectivity index (χ1v) is 13.2. The molecule has 35 heavy (non-hydrogen) atoms. The lowest BCUT2D eigenvalue weighted by atomic mass is 10.1. The quantitative estimate of drug-likeness (QED) is 0.271. The van der Waals surface area contributed by atoms with Crippen LogP contribution < -0.4 is 9.47 Å². The molecule has 0 radical (unpaired) electrons. The number of benzene rings is 3. The molecule has 1 fully saturated rings. The Kier molecular flexibility index (Phi) is 9.11. The number of fused-ring (bicyclic) bond motifs is 1. The molecule has 8 heteroatoms. The molecule has 3 atom stereocenters. The van der Waals surface area contributed by atoms with E-state index in [1.54, 1.807) is 25.1 Å². The highest BCUT2D eigenvalue weighted by Gasteiger charge is 2.24. The van der Waals surface area contributed by atoms with Gasteiger partial charge in [0.05, 0.1) is 23.2 Å². The SMILES string of the molecule is CCOC(=O)Oc1cccc2c(S(=O)CC(COc3ccccc3)OC3CCCCO3)cccc12. The first-order chi connectivity index (χ1) is 17.1. The molecular formula is C27H30O7S. The molecule has 1 aliphatic rings. The van der Waals surface area contributed by atoms with Crippen LogP contribution in [-0.2, 0) is 25.0 Å². The normalized spacial score (nSPS) is 17.5. The third-order valence-electron chi connectivity index (χ3n) is 5.54. The molecule has 0 saturated carbocycles. The van der Waals surface area contributed by atoms with Crippen molar-refractivity contribution in [2.45, 2.75) is 43.5 Å². The maximum absolute atomic E-state index is 13.6. The lowest BCUT2D eigenvalue weighted by Gasteiger charge is -2.27. The summed E-state index contributed by atoms with van der Waals surface area (Å²) in [5, 5.41) is 1.42. The standard InChI is InChI=1S/C27H30O7S/c1-2-30-27(28)34-24-14-8-13-23-22(24)12-9-15-25(23)35(29)19-21(33-26-16-6-7-17-31-26)18-32-20-10-4-3-5-11-20/h3-5,8-15,21,26H,2,6-7,16-19H2,1H3. The van der Waals surface area contributed by atoms with Crippen LogP contribution in [0.1, 0.15) is 26.2 Å². The number of carbonyl (C=O) groups is 1. The summed E-state index contributed by atoms with van der Waals surface area (Å²) in [4.78, 5) is 12.5. The summed E-state index contributed by atoms with van der Waals surface area (Å²) in [6, 6.07) is 20.2. The van der Waals surface area contributed by atoms with Crippen molar-refractivity contribution in [3.05, 3.63) is 66.7 Å². The minimum absolute atomic E-state index is 0.218. The summed E-state index contributed by atoms with van der Waals surface area (Å²) in [5.41, 5.74) is 0. The van der Waals surface area contributed by atoms with Crippen LogP contribution in [0.4, 0.5) is 4.79 Å². The molecular weight excluding hydrogens is 468 g/mol. The summed E-state index contributed by atoms with van der Waals surface area (Å²) < 4.78 is 41.7. The smallest absolute Gasteiger partial charge is 0.491 e. The molecule has 186 valence electrons. The molecule has 1 heterocycles. The largest absolute Gasteiger partial charge is 0.513 e. The molecule has 0 N–H and O–H groups in total. The molecule has 0 aromatic heterocycles. The highest BCUT2D eigenvalue weighted by Crippen LogP contribution is 2.30. The lowest BCUT2D eigenvalue weighted by Crippen LogP contribution is -2.35. The summed E-state index contributed by atoms with van der Waals surface area (Å²) in [5.74, 6) is 1.31. The van der Waals surface area contributed by atoms with Crippen molar-refractivity contribution < 1.29 is 32.7 Å². The van der Waals surface area contributed by atoms with Crippen LogP contribution >= 0.6 is 0 Å². The van der Waals surface area contributed by atoms with Crippen LogP contribution in [0.2, 0.25) is 0 Å². The van der Waals surface area contributed by atoms with E-state index >= 15 is 0 Å². The van der Waals surface area contributed by atoms with Crippen molar-refractivity contribution in [2.75, 3.05) is 25.6 Å². The van der Waals surface area contributed by atoms with Crippen LogP contribution in [0.15, 0.2) is 71.6 Å². The van der Waals surface area contributed by atoms with Gasteiger partial charge in [0, 0.05) is 22.3 Å². The number of rotatable bonds is 10. The average molecular weight is 499 g/mol. The zero-order chi connectivity index (χ0) is 24.5. The molecule has 3 aromatic carbocycles. The van der Waals surface area contributed by atoms with Gasteiger partial charge in [-0.25, -0.2) is 4.79 Å². The minimum atomic E-state index is -1.41. The van der Waals surface area contributed by atoms with Gasteiger partial charge in [0.2, 0.25) is 0 Å². The Hall–Kier alpha value is -2.94. The Morgan fingerprint density at radius 1 is 1.03 bits per heavy atom. The predicted molar refractivity (Wildman–Crippen MR) is 133 cm³/mol. The van der Waals surface area contributed by atoms with E-state index in [1.165, 1.54) is 0 Å². The molecule has 3 aromatic rings. The van der Waals surface area contributed by atoms with Crippen molar-refractivity contribution in [2.24, 2.45) is 0 Å². The van der Waals surface area contributed by atoms with Gasteiger partial charge < -0.3 is 23.7 Å². The summed E-state index contributed by atoms with van der Waals surface area (Å²) in [6.45, 7) is 2.84. The van der Waals surface area contributed by atoms with E-state index in [2.05, 4.69) is 0 Å². The van der Waals surface area contributed by atoms with Crippen molar-refractivity contribution >= 4 is 27.7 Å². The van der Waals surface area contributed by atoms with Gasteiger partial charge in [-0.1, -0.05) is 42.5 Å². The fourth-order valence-electron chi connectivity index (χ4n) is 3.90. The van der Waals surface area contributed by atoms with Crippen molar-refractivity contribution in [1.29, 1.82) is 0 Å². The lowest BCUT2D eigenvalue weighted by molar-refractivity contribution is -0.188. The maximum atomic E-state index is 13.6. The Morgan fingerprint density at radius 3 is 2.60 bits per heavy atom. The third-order valence-corrected chi connectivity index (χ3v) is 7.06. The monoisotopic (exact) mass is 498 g/mol. The first kappa shape index (κ1) is 25.2. The number of hydrogen-bond donors (Lipinski definition) is 0. The number of ether oxygens (including phenoxy) is 5. The second kappa shape index (κ2) is 12.7. The first-order valence-electron chi connectivity index (χ1n) is 11.8. The fraction of sp³-hybridized carbons (Fsp3) is 0.370. The average Bonchev–Trinajstić information content (AvgIpc) is 2.88. The number of carbonyl (C=O) groups excluding carboxylic acids is 1. The molecule has 1 aliphatic heterocycles. The second-order valence-corrected chi connectivity index (χ2v) is 9.55. The van der Waals surface area contributed by atoms with Gasteiger partial charge in [0.15, 0.2) is 6.29 Å². The van der Waals surface area contributed by atoms with E-state index in [9.17, 15) is 9.00 Å². The molecule has 0 aliphatic carbocycles. The Bertz CT molecular complexity index is 1130. The molecule has 0 spiro atoms. The van der Waals surface area contributed by atoms with Gasteiger partial charge in [-0.15, -0.1) is 0 Å². The van der Waals surface area contributed by atoms with Crippen molar-refractivity contribution in [1.82, 2.24) is 0 Å². The van der Waals surface area contributed by atoms with E-state index in [0.29, 0.717) is 22.6 Å². The van der Waals surface area contributed by atoms with Gasteiger partial charge in [0.25, 0.3) is 0 Å². The van der Waals surface area contributed by atoms with E-state index < -0.39 is 23.1 Å². The van der Waals surface area contributed by atoms with Crippen LogP contribution in [-0.4, -0.2) is 48.3 Å². The van der Waals surface area contributed by atoms with Crippen molar-refractivity contribution in [3.8, 4) is 11.5 Å². The molecule has 0 amide bonds. The number of hydrogen-bond acceptors (Lipinski definition) is 7. The Morgan fingerprint density at radius 2 is 1.83 bits per heavy atom. The molecule has 4 rings (SSSR count). The Labute approximate surface area is 207 Å². The molecule has 0 bridgehead atoms. The van der Waals surface area contributed by atoms with E-state index in [1.807, 2.05) is 48.5 Å². The fourth-order valence-corrected chi connectivity index (χ4v) is 5.25. The Balaban J connectivity index is 1.52. The zero-order valence-electron chi connectivity index (χ0n) is 19.7. The van der Waals surface area contributed by atoms with Gasteiger partial charge in [-0.3, -0.25) is 4.21 Å². The predicted octanol–water partition coefficient (Wildman–Crippen LogP) is 5.47. The minimum Gasteiger partial charge on any atom is -0.491 e. The molecule has 3 unspecified atom stereocenters. The van der Waals surface area contributed by atoms with Gasteiger partial charge in [0.1, 0.15) is 24.2 Å². The number of para-hydroxylation sites is 1. The molecule has 7 nitrogen and oxygen atoms in total. The van der Waals surface area contributed by atoms with Gasteiger partial charge in [-0.2, -0.15) is 0 Å². The summed E-state index contributed by atoms with van der Waals surface area (Å²) in [6.07, 6.45) is 1.31. The summed E-state index contributed by atoms with van der Waals surface area (Å²) in [7, 11) is -1.41. The van der Waals surface area contributed by atoms with E-state index in [0.717, 1.165) is 30.4 Å². The molecule has 1 saturated heterocycles. The highest BCUT2D eigenvalue weighted by molar-refractivity contribution is 7.85. The topological polar surface area (TPSA) is 80.3 Å². The van der Waals surface area contributed by atoms with E-state index in [4.69, 9.17) is 23.7 Å². The van der Waals surface area contributed by atoms with Crippen molar-refractivity contribution in [3.63, 3.8) is 0 Å². The summed E-state index contributed by atoms with van der Waals surface area (Å²) >= 11 is 0. The van der Waals surface area contributed by atoms with Crippen LogP contribution in [0.3, 0.4) is 0 Å². The highest BCUT2D eigenvalue weighted by atomic mass is 32.2. The van der Waals surface area contributed by atoms with Gasteiger partial charge >= 0.3 is 6.16 Å². The van der Waals surface area contributed by atoms with Crippen LogP contribution in [0.5, 0.6) is 11.5 Å². The zero-order valence-corrected chi connectivity index (χ0v) is 20.5. The maximum Gasteiger partial charge on any atom is 0.513 e. The van der Waals surface area contributed by atoms with Crippen LogP contribution in [0.25, 0.3) is 10.8 Å². The van der Waals surface area contributed by atoms with Gasteiger partial charge in [-0.05, 0) is 50.5 Å². The van der Waals surface area contributed by atoms with Crippen LogP contribution in [0, 0.1) is 0 Å².